The Bertz CT molecular complexity index is 1340. The molecule has 2 aliphatic rings. The van der Waals surface area contributed by atoms with Gasteiger partial charge in [-0.25, -0.2) is 9.50 Å². The van der Waals surface area contributed by atoms with Crippen molar-refractivity contribution in [3.05, 3.63) is 48.5 Å². The van der Waals surface area contributed by atoms with E-state index in [4.69, 9.17) is 4.98 Å². The van der Waals surface area contributed by atoms with Crippen molar-refractivity contribution in [1.29, 1.82) is 0 Å². The molecule has 0 aliphatic carbocycles. The summed E-state index contributed by atoms with van der Waals surface area (Å²) in [7, 11) is 4.26. The molecule has 4 aromatic rings. The number of pyridine rings is 2. The summed E-state index contributed by atoms with van der Waals surface area (Å²) < 4.78 is 1.79. The standard InChI is InChI=1S/C25H30N8O/c1-29-5-9-31(10-6-29)19-14-20-21(16-27-24(20)26-15-19)18-3-4-33-23(13-18)22(17-28-33)25(34)32-11-7-30(2)8-12-32/h3-4,13-17H,5-12H2,1-2H3,(H,26,27). The highest BCUT2D eigenvalue weighted by atomic mass is 16.2. The quantitative estimate of drug-likeness (QED) is 0.506. The number of aromatic nitrogens is 4. The lowest BCUT2D eigenvalue weighted by Gasteiger charge is -2.33. The average molecular weight is 459 g/mol. The molecule has 9 heteroatoms. The Balaban J connectivity index is 1.35. The molecular formula is C25H30N8O. The molecular weight excluding hydrogens is 428 g/mol. The SMILES string of the molecule is CN1CCN(C(=O)c2cnn3ccc(-c4c[nH]c5ncc(N6CCN(C)CC6)cc45)cc23)CC1. The predicted molar refractivity (Wildman–Crippen MR) is 133 cm³/mol. The summed E-state index contributed by atoms with van der Waals surface area (Å²) in [6.07, 6.45) is 7.60. The molecule has 2 aliphatic heterocycles. The van der Waals surface area contributed by atoms with Crippen molar-refractivity contribution < 1.29 is 4.79 Å². The van der Waals surface area contributed by atoms with Crippen LogP contribution in [0.3, 0.4) is 0 Å². The number of likely N-dealkylation sites (N-methyl/N-ethyl adjacent to an activating group) is 2. The van der Waals surface area contributed by atoms with Crippen LogP contribution in [0.2, 0.25) is 0 Å². The lowest BCUT2D eigenvalue weighted by molar-refractivity contribution is 0.0666. The van der Waals surface area contributed by atoms with Crippen molar-refractivity contribution in [2.24, 2.45) is 0 Å². The Hall–Kier alpha value is -3.43. The molecule has 0 unspecified atom stereocenters. The molecule has 0 saturated carbocycles. The number of rotatable bonds is 3. The molecule has 0 bridgehead atoms. The maximum Gasteiger partial charge on any atom is 0.257 e. The first kappa shape index (κ1) is 21.1. The molecule has 6 rings (SSSR count). The molecule has 4 aromatic heterocycles. The van der Waals surface area contributed by atoms with Crippen LogP contribution in [-0.2, 0) is 0 Å². The number of carbonyl (C=O) groups is 1. The van der Waals surface area contributed by atoms with Crippen molar-refractivity contribution in [3.8, 4) is 11.1 Å². The van der Waals surface area contributed by atoms with Gasteiger partial charge in [0.2, 0.25) is 0 Å². The van der Waals surface area contributed by atoms with Crippen molar-refractivity contribution in [2.45, 2.75) is 0 Å². The van der Waals surface area contributed by atoms with Gasteiger partial charge in [0.15, 0.2) is 0 Å². The predicted octanol–water partition coefficient (Wildman–Crippen LogP) is 2.02. The molecule has 34 heavy (non-hydrogen) atoms. The molecule has 1 N–H and O–H groups in total. The molecule has 9 nitrogen and oxygen atoms in total. The summed E-state index contributed by atoms with van der Waals surface area (Å²) in [5.41, 5.74) is 5.64. The van der Waals surface area contributed by atoms with Crippen LogP contribution in [0, 0.1) is 0 Å². The molecule has 6 heterocycles. The monoisotopic (exact) mass is 458 g/mol. The van der Waals surface area contributed by atoms with Gasteiger partial charge in [0.25, 0.3) is 5.91 Å². The molecule has 0 radical (unpaired) electrons. The number of hydrogen-bond acceptors (Lipinski definition) is 6. The van der Waals surface area contributed by atoms with Crippen LogP contribution in [0.25, 0.3) is 27.7 Å². The minimum atomic E-state index is 0.0539. The van der Waals surface area contributed by atoms with E-state index >= 15 is 0 Å². The number of nitrogens with zero attached hydrogens (tertiary/aromatic N) is 7. The van der Waals surface area contributed by atoms with E-state index in [1.165, 1.54) is 0 Å². The Morgan fingerprint density at radius 1 is 0.941 bits per heavy atom. The van der Waals surface area contributed by atoms with Gasteiger partial charge in [-0.2, -0.15) is 5.10 Å². The number of aromatic amines is 1. The highest BCUT2D eigenvalue weighted by Crippen LogP contribution is 2.32. The summed E-state index contributed by atoms with van der Waals surface area (Å²) in [6, 6.07) is 6.35. The zero-order valence-electron chi connectivity index (χ0n) is 19.7. The first-order chi connectivity index (χ1) is 16.6. The average Bonchev–Trinajstić information content (AvgIpc) is 3.48. The second-order valence-electron chi connectivity index (χ2n) is 9.48. The van der Waals surface area contributed by atoms with Crippen LogP contribution in [-0.4, -0.2) is 107 Å². The van der Waals surface area contributed by atoms with Crippen molar-refractivity contribution in [2.75, 3.05) is 71.4 Å². The second-order valence-corrected chi connectivity index (χ2v) is 9.48. The molecule has 2 saturated heterocycles. The van der Waals surface area contributed by atoms with Gasteiger partial charge < -0.3 is 24.6 Å². The van der Waals surface area contributed by atoms with Crippen LogP contribution in [0.4, 0.5) is 5.69 Å². The molecule has 0 spiro atoms. The Kier molecular flexibility index (Phi) is 5.23. The second kappa shape index (κ2) is 8.41. The van der Waals surface area contributed by atoms with Gasteiger partial charge >= 0.3 is 0 Å². The lowest BCUT2D eigenvalue weighted by Crippen LogP contribution is -2.47. The van der Waals surface area contributed by atoms with Gasteiger partial charge in [-0.05, 0) is 37.9 Å². The molecule has 0 aromatic carbocycles. The third kappa shape index (κ3) is 3.70. The van der Waals surface area contributed by atoms with E-state index in [0.717, 1.165) is 85.7 Å². The highest BCUT2D eigenvalue weighted by Gasteiger charge is 2.24. The van der Waals surface area contributed by atoms with Crippen LogP contribution >= 0.6 is 0 Å². The number of nitrogens with one attached hydrogen (secondary N) is 1. The zero-order chi connectivity index (χ0) is 23.2. The van der Waals surface area contributed by atoms with E-state index in [1.807, 2.05) is 23.5 Å². The van der Waals surface area contributed by atoms with E-state index < -0.39 is 0 Å². The molecule has 1 amide bonds. The number of fused-ring (bicyclic) bond motifs is 2. The van der Waals surface area contributed by atoms with Crippen LogP contribution in [0.1, 0.15) is 10.4 Å². The number of piperazine rings is 2. The fraction of sp³-hybridized carbons (Fsp3) is 0.400. The van der Waals surface area contributed by atoms with Crippen molar-refractivity contribution in [3.63, 3.8) is 0 Å². The van der Waals surface area contributed by atoms with Crippen molar-refractivity contribution >= 4 is 28.1 Å². The number of H-pyrrole nitrogens is 1. The first-order valence-corrected chi connectivity index (χ1v) is 11.9. The van der Waals surface area contributed by atoms with Crippen LogP contribution < -0.4 is 4.90 Å². The van der Waals surface area contributed by atoms with Gasteiger partial charge in [0.05, 0.1) is 29.2 Å². The van der Waals surface area contributed by atoms with E-state index in [0.29, 0.717) is 5.56 Å². The number of amides is 1. The van der Waals surface area contributed by atoms with E-state index in [2.05, 4.69) is 57.1 Å². The smallest absolute Gasteiger partial charge is 0.257 e. The summed E-state index contributed by atoms with van der Waals surface area (Å²) in [5, 5.41) is 5.53. The van der Waals surface area contributed by atoms with Gasteiger partial charge in [-0.1, -0.05) is 0 Å². The van der Waals surface area contributed by atoms with Crippen molar-refractivity contribution in [1.82, 2.24) is 34.3 Å². The fourth-order valence-corrected chi connectivity index (χ4v) is 4.96. The Morgan fingerprint density at radius 3 is 2.44 bits per heavy atom. The van der Waals surface area contributed by atoms with E-state index in [-0.39, 0.29) is 5.91 Å². The summed E-state index contributed by atoms with van der Waals surface area (Å²) >= 11 is 0. The van der Waals surface area contributed by atoms with Gasteiger partial charge in [-0.3, -0.25) is 4.79 Å². The maximum atomic E-state index is 13.3. The van der Waals surface area contributed by atoms with Crippen LogP contribution in [0.15, 0.2) is 43.0 Å². The first-order valence-electron chi connectivity index (χ1n) is 11.9. The van der Waals surface area contributed by atoms with Gasteiger partial charge in [0, 0.05) is 75.7 Å². The third-order valence-electron chi connectivity index (χ3n) is 7.24. The molecule has 176 valence electrons. The lowest BCUT2D eigenvalue weighted by atomic mass is 10.1. The fourth-order valence-electron chi connectivity index (χ4n) is 4.96. The number of hydrogen-bond donors (Lipinski definition) is 1. The van der Waals surface area contributed by atoms with Crippen LogP contribution in [0.5, 0.6) is 0 Å². The summed E-state index contributed by atoms with van der Waals surface area (Å²) in [5.74, 6) is 0.0539. The third-order valence-corrected chi connectivity index (χ3v) is 7.24. The Morgan fingerprint density at radius 2 is 1.68 bits per heavy atom. The normalized spacial score (nSPS) is 18.3. The molecule has 0 atom stereocenters. The molecule has 2 fully saturated rings. The number of carbonyl (C=O) groups excluding carboxylic acids is 1. The number of anilines is 1. The van der Waals surface area contributed by atoms with E-state index in [9.17, 15) is 4.79 Å². The summed E-state index contributed by atoms with van der Waals surface area (Å²) in [4.78, 5) is 30.2. The summed E-state index contributed by atoms with van der Waals surface area (Å²) in [6.45, 7) is 7.40. The Labute approximate surface area is 198 Å². The maximum absolute atomic E-state index is 13.3. The zero-order valence-corrected chi connectivity index (χ0v) is 19.7. The van der Waals surface area contributed by atoms with Gasteiger partial charge in [0.1, 0.15) is 5.65 Å². The largest absolute Gasteiger partial charge is 0.368 e. The topological polar surface area (TPSA) is 76.0 Å². The van der Waals surface area contributed by atoms with Gasteiger partial charge in [-0.15, -0.1) is 0 Å². The minimum Gasteiger partial charge on any atom is -0.368 e. The highest BCUT2D eigenvalue weighted by molar-refractivity contribution is 6.02. The minimum absolute atomic E-state index is 0.0539. The van der Waals surface area contributed by atoms with E-state index in [1.54, 1.807) is 10.7 Å².